The Morgan fingerprint density at radius 2 is 2.22 bits per heavy atom. The van der Waals surface area contributed by atoms with Gasteiger partial charge in [-0.25, -0.2) is 9.50 Å². The number of morpholine rings is 1. The van der Waals surface area contributed by atoms with Gasteiger partial charge in [0.25, 0.3) is 5.91 Å². The molecule has 170 valence electrons. The van der Waals surface area contributed by atoms with E-state index in [1.165, 1.54) is 6.33 Å². The molecule has 1 atom stereocenters. The van der Waals surface area contributed by atoms with E-state index in [0.717, 1.165) is 54.3 Å². The molecule has 1 amide bonds. The fraction of sp³-hybridized carbons (Fsp3) is 0.545. The normalized spacial score (nSPS) is 20.1. The highest BCUT2D eigenvalue weighted by atomic mass is 16.5. The smallest absolute Gasteiger partial charge is 0.272 e. The number of fused-ring (bicyclic) bond motifs is 1. The molecule has 0 saturated carbocycles. The van der Waals surface area contributed by atoms with Gasteiger partial charge in [0, 0.05) is 37.0 Å². The summed E-state index contributed by atoms with van der Waals surface area (Å²) in [5.74, 6) is -0.0845. The predicted octanol–water partition coefficient (Wildman–Crippen LogP) is 1.38. The van der Waals surface area contributed by atoms with Crippen LogP contribution >= 0.6 is 0 Å². The highest BCUT2D eigenvalue weighted by Crippen LogP contribution is 2.31. The monoisotopic (exact) mass is 439 g/mol. The molecule has 2 saturated heterocycles. The highest BCUT2D eigenvalue weighted by molar-refractivity contribution is 5.95. The van der Waals surface area contributed by atoms with Crippen LogP contribution in [0.2, 0.25) is 0 Å². The Hall–Kier alpha value is -2.82. The molecular weight excluding hydrogens is 410 g/mol. The van der Waals surface area contributed by atoms with E-state index >= 15 is 0 Å². The third-order valence-corrected chi connectivity index (χ3v) is 6.24. The van der Waals surface area contributed by atoms with Crippen molar-refractivity contribution < 1.29 is 14.3 Å². The molecule has 0 aromatic carbocycles. The van der Waals surface area contributed by atoms with Gasteiger partial charge in [0.1, 0.15) is 6.33 Å². The lowest BCUT2D eigenvalue weighted by atomic mass is 9.96. The van der Waals surface area contributed by atoms with Gasteiger partial charge in [-0.05, 0) is 24.5 Å². The number of rotatable bonds is 6. The van der Waals surface area contributed by atoms with Crippen molar-refractivity contribution in [3.8, 4) is 11.3 Å². The van der Waals surface area contributed by atoms with Gasteiger partial charge in [-0.15, -0.1) is 0 Å². The first-order valence-corrected chi connectivity index (χ1v) is 11.1. The molecule has 3 aromatic rings. The fourth-order valence-corrected chi connectivity index (χ4v) is 4.46. The average molecular weight is 440 g/mol. The molecule has 3 aromatic heterocycles. The Kier molecular flexibility index (Phi) is 5.66. The van der Waals surface area contributed by atoms with Gasteiger partial charge in [0.05, 0.1) is 37.7 Å². The van der Waals surface area contributed by atoms with Crippen LogP contribution in [-0.2, 0) is 9.47 Å². The van der Waals surface area contributed by atoms with E-state index in [9.17, 15) is 4.79 Å². The summed E-state index contributed by atoms with van der Waals surface area (Å²) in [4.78, 5) is 19.7. The van der Waals surface area contributed by atoms with E-state index in [1.54, 1.807) is 4.52 Å². The van der Waals surface area contributed by atoms with Gasteiger partial charge in [-0.2, -0.15) is 10.2 Å². The van der Waals surface area contributed by atoms with Gasteiger partial charge in [0.2, 0.25) is 0 Å². The van der Waals surface area contributed by atoms with Crippen LogP contribution in [0.5, 0.6) is 0 Å². The zero-order chi connectivity index (χ0) is 22.2. The second-order valence-electron chi connectivity index (χ2n) is 8.84. The maximum atomic E-state index is 13.1. The second kappa shape index (κ2) is 8.61. The highest BCUT2D eigenvalue weighted by Gasteiger charge is 2.31. The van der Waals surface area contributed by atoms with E-state index < -0.39 is 0 Å². The Labute approximate surface area is 186 Å². The van der Waals surface area contributed by atoms with Gasteiger partial charge in [0.15, 0.2) is 11.3 Å². The molecule has 0 bridgehead atoms. The summed E-state index contributed by atoms with van der Waals surface area (Å²) in [6, 6.07) is 2.52. The van der Waals surface area contributed by atoms with Crippen molar-refractivity contribution in [1.82, 2.24) is 35.0 Å². The summed E-state index contributed by atoms with van der Waals surface area (Å²) in [5.41, 5.74) is 4.88. The third kappa shape index (κ3) is 3.89. The first kappa shape index (κ1) is 21.0. The van der Waals surface area contributed by atoms with Crippen LogP contribution in [0.3, 0.4) is 0 Å². The van der Waals surface area contributed by atoms with Gasteiger partial charge < -0.3 is 14.8 Å². The van der Waals surface area contributed by atoms with Crippen molar-refractivity contribution in [2.24, 2.45) is 0 Å². The first-order valence-electron chi connectivity index (χ1n) is 11.1. The van der Waals surface area contributed by atoms with Crippen molar-refractivity contribution in [3.63, 3.8) is 0 Å². The van der Waals surface area contributed by atoms with E-state index in [0.29, 0.717) is 24.9 Å². The van der Waals surface area contributed by atoms with Crippen LogP contribution in [0.25, 0.3) is 16.9 Å². The molecule has 2 aliphatic heterocycles. The molecule has 10 nitrogen and oxygen atoms in total. The van der Waals surface area contributed by atoms with Crippen LogP contribution in [0.4, 0.5) is 0 Å². The lowest BCUT2D eigenvalue weighted by Crippen LogP contribution is -2.57. The number of amides is 1. The minimum absolute atomic E-state index is 0.0356. The molecule has 2 N–H and O–H groups in total. The molecule has 32 heavy (non-hydrogen) atoms. The lowest BCUT2D eigenvalue weighted by molar-refractivity contribution is -0.112. The number of pyridine rings is 1. The fourth-order valence-electron chi connectivity index (χ4n) is 4.46. The Balaban J connectivity index is 1.33. The summed E-state index contributed by atoms with van der Waals surface area (Å²) >= 11 is 0. The summed E-state index contributed by atoms with van der Waals surface area (Å²) < 4.78 is 12.9. The minimum Gasteiger partial charge on any atom is -0.378 e. The molecule has 0 aliphatic carbocycles. The Bertz CT molecular complexity index is 1120. The maximum absolute atomic E-state index is 13.1. The van der Waals surface area contributed by atoms with Crippen molar-refractivity contribution in [2.75, 3.05) is 39.5 Å². The van der Waals surface area contributed by atoms with Gasteiger partial charge in [-0.3, -0.25) is 14.8 Å². The van der Waals surface area contributed by atoms with Crippen molar-refractivity contribution >= 4 is 11.6 Å². The van der Waals surface area contributed by atoms with E-state index in [2.05, 4.69) is 44.3 Å². The summed E-state index contributed by atoms with van der Waals surface area (Å²) in [6.45, 7) is 10.5. The van der Waals surface area contributed by atoms with Crippen molar-refractivity contribution in [3.05, 3.63) is 35.4 Å². The number of carbonyl (C=O) groups excluding carboxylic acids is 1. The number of ether oxygens (including phenoxy) is 2. The SMILES string of the molecule is Cc1cc(-c2[nH]nc(C(=O)NCC3CN(C4COC4)CCO3)c2C(C)C)cn2ncnc12. The van der Waals surface area contributed by atoms with Crippen LogP contribution in [0.1, 0.15) is 41.4 Å². The second-order valence-corrected chi connectivity index (χ2v) is 8.84. The summed E-state index contributed by atoms with van der Waals surface area (Å²) in [7, 11) is 0. The quantitative estimate of drug-likeness (QED) is 0.597. The topological polar surface area (TPSA) is 110 Å². The standard InChI is InChI=1S/C22H29N7O3/c1-13(2)18-19(15-6-14(3)21-24-12-25-29(21)8-15)26-27-20(18)22(30)23-7-17-9-28(4-5-32-17)16-10-31-11-16/h6,8,12-13,16-17H,4-5,7,9-11H2,1-3H3,(H,23,30)(H,26,27). The number of aromatic nitrogens is 5. The number of aromatic amines is 1. The number of nitrogens with zero attached hydrogens (tertiary/aromatic N) is 5. The zero-order valence-electron chi connectivity index (χ0n) is 18.7. The Morgan fingerprint density at radius 1 is 1.38 bits per heavy atom. The lowest BCUT2D eigenvalue weighted by Gasteiger charge is -2.41. The summed E-state index contributed by atoms with van der Waals surface area (Å²) in [5, 5.41) is 14.8. The van der Waals surface area contributed by atoms with Crippen molar-refractivity contribution in [2.45, 2.75) is 38.8 Å². The number of H-pyrrole nitrogens is 1. The minimum atomic E-state index is -0.192. The molecule has 10 heteroatoms. The molecule has 5 rings (SSSR count). The zero-order valence-corrected chi connectivity index (χ0v) is 18.7. The number of carbonyl (C=O) groups is 1. The maximum Gasteiger partial charge on any atom is 0.272 e. The molecule has 5 heterocycles. The Morgan fingerprint density at radius 3 is 2.97 bits per heavy atom. The molecule has 0 spiro atoms. The molecule has 0 radical (unpaired) electrons. The van der Waals surface area contributed by atoms with Gasteiger partial charge in [-0.1, -0.05) is 13.8 Å². The molecule has 2 fully saturated rings. The van der Waals surface area contributed by atoms with E-state index in [-0.39, 0.29) is 17.9 Å². The van der Waals surface area contributed by atoms with E-state index in [4.69, 9.17) is 9.47 Å². The van der Waals surface area contributed by atoms with Crippen LogP contribution in [-0.4, -0.2) is 87.2 Å². The van der Waals surface area contributed by atoms with Crippen LogP contribution < -0.4 is 5.32 Å². The molecule has 2 aliphatic rings. The largest absolute Gasteiger partial charge is 0.378 e. The van der Waals surface area contributed by atoms with Crippen molar-refractivity contribution in [1.29, 1.82) is 0 Å². The molecule has 1 unspecified atom stereocenters. The summed E-state index contributed by atoms with van der Waals surface area (Å²) in [6.07, 6.45) is 3.41. The molecular formula is C22H29N7O3. The van der Waals surface area contributed by atoms with Crippen LogP contribution in [0.15, 0.2) is 18.6 Å². The third-order valence-electron chi connectivity index (χ3n) is 6.24. The van der Waals surface area contributed by atoms with E-state index in [1.807, 2.05) is 19.2 Å². The average Bonchev–Trinajstić information content (AvgIpc) is 3.38. The number of aryl methyl sites for hydroxylation is 1. The van der Waals surface area contributed by atoms with Gasteiger partial charge >= 0.3 is 0 Å². The number of hydrogen-bond donors (Lipinski definition) is 2. The first-order chi connectivity index (χ1) is 15.5. The number of nitrogens with one attached hydrogen (secondary N) is 2. The van der Waals surface area contributed by atoms with Crippen LogP contribution in [0, 0.1) is 6.92 Å². The number of hydrogen-bond acceptors (Lipinski definition) is 7. The predicted molar refractivity (Wildman–Crippen MR) is 118 cm³/mol.